The number of amides is 1. The van der Waals surface area contributed by atoms with Crippen LogP contribution in [0.1, 0.15) is 10.4 Å². The maximum absolute atomic E-state index is 13.3. The number of pyridine rings is 1. The molecule has 0 aliphatic rings. The van der Waals surface area contributed by atoms with Gasteiger partial charge in [-0.3, -0.25) is 18.7 Å². The molecule has 0 radical (unpaired) electrons. The summed E-state index contributed by atoms with van der Waals surface area (Å²) >= 11 is 12.0. The van der Waals surface area contributed by atoms with E-state index in [0.29, 0.717) is 0 Å². The number of benzene rings is 2. The van der Waals surface area contributed by atoms with Crippen LogP contribution in [0, 0.1) is 5.82 Å². The Morgan fingerprint density at radius 2 is 1.81 bits per heavy atom. The third-order valence-corrected chi connectivity index (χ3v) is 4.90. The third kappa shape index (κ3) is 6.39. The molecule has 2 aromatic carbocycles. The van der Waals surface area contributed by atoms with E-state index in [4.69, 9.17) is 37.7 Å². The van der Waals surface area contributed by atoms with Crippen molar-refractivity contribution < 1.29 is 32.8 Å². The number of phosphoric acid groups is 1. The van der Waals surface area contributed by atoms with Crippen LogP contribution in [-0.4, -0.2) is 20.3 Å². The number of hydrogen-bond donors (Lipinski definition) is 3. The Bertz CT molecular complexity index is 1280. The predicted octanol–water partition coefficient (Wildman–Crippen LogP) is 4.41. The molecular formula is C19H14Cl2FN2O7P. The number of carbonyl (C=O) groups excluding carboxylic acids is 1. The van der Waals surface area contributed by atoms with Gasteiger partial charge >= 0.3 is 7.82 Å². The number of hydrogen-bond acceptors (Lipinski definition) is 5. The fraction of sp³-hybridized carbons (Fsp3) is 0.0526. The number of carbonyl (C=O) groups is 1. The molecule has 1 heterocycles. The highest BCUT2D eigenvalue weighted by Crippen LogP contribution is 2.36. The van der Waals surface area contributed by atoms with E-state index in [1.165, 1.54) is 36.5 Å². The van der Waals surface area contributed by atoms with Crippen LogP contribution in [-0.2, 0) is 15.8 Å². The van der Waals surface area contributed by atoms with Gasteiger partial charge in [0.25, 0.3) is 11.5 Å². The highest BCUT2D eigenvalue weighted by Gasteiger charge is 2.17. The Morgan fingerprint density at radius 3 is 2.47 bits per heavy atom. The monoisotopic (exact) mass is 502 g/mol. The third-order valence-electron chi connectivity index (χ3n) is 3.92. The van der Waals surface area contributed by atoms with Crippen molar-refractivity contribution in [3.63, 3.8) is 0 Å². The Morgan fingerprint density at radius 1 is 1.09 bits per heavy atom. The van der Waals surface area contributed by atoms with Crippen molar-refractivity contribution in [2.24, 2.45) is 0 Å². The van der Waals surface area contributed by atoms with Crippen LogP contribution >= 0.6 is 31.0 Å². The van der Waals surface area contributed by atoms with Gasteiger partial charge in [-0.15, -0.1) is 0 Å². The molecule has 3 N–H and O–H groups in total. The second kappa shape index (κ2) is 9.83. The fourth-order valence-corrected chi connectivity index (χ4v) is 3.13. The van der Waals surface area contributed by atoms with Gasteiger partial charge in [0.05, 0.1) is 10.6 Å². The zero-order valence-corrected chi connectivity index (χ0v) is 18.3. The summed E-state index contributed by atoms with van der Waals surface area (Å²) in [7, 11) is -4.76. The van der Waals surface area contributed by atoms with E-state index >= 15 is 0 Å². The lowest BCUT2D eigenvalue weighted by Gasteiger charge is -2.13. The van der Waals surface area contributed by atoms with Crippen LogP contribution in [0.3, 0.4) is 0 Å². The molecule has 0 unspecified atom stereocenters. The summed E-state index contributed by atoms with van der Waals surface area (Å²) in [5.74, 6) is -1.05. The Kier molecular flexibility index (Phi) is 7.35. The lowest BCUT2D eigenvalue weighted by molar-refractivity contribution is 0.102. The first-order chi connectivity index (χ1) is 15.0. The Balaban J connectivity index is 1.82. The van der Waals surface area contributed by atoms with E-state index in [1.807, 2.05) is 0 Å². The Labute approximate surface area is 190 Å². The number of anilines is 1. The normalized spacial score (nSPS) is 11.3. The van der Waals surface area contributed by atoms with Crippen LogP contribution in [0.4, 0.5) is 10.1 Å². The number of nitrogens with zero attached hydrogens (tertiary/aromatic N) is 1. The molecule has 0 bridgehead atoms. The number of ether oxygens (including phenoxy) is 1. The molecule has 168 valence electrons. The van der Waals surface area contributed by atoms with Crippen molar-refractivity contribution in [2.75, 3.05) is 5.32 Å². The highest BCUT2D eigenvalue weighted by atomic mass is 35.5. The molecule has 0 atom stereocenters. The first-order valence-corrected chi connectivity index (χ1v) is 10.9. The molecular weight excluding hydrogens is 489 g/mol. The minimum atomic E-state index is -4.76. The Hall–Kier alpha value is -2.72. The standard InChI is InChI=1S/C19H14Cl2FN2O7P/c20-11-1-3-16(31-17-4-2-12(22)8-15(17)21)14(7-11)19(26)23-13-5-6-24(18(25)9-13)10-30-32(27,28)29/h1-9H,10H2,(H,23,26)(H2,27,28,29). The van der Waals surface area contributed by atoms with Gasteiger partial charge in [-0.05, 0) is 42.5 Å². The summed E-state index contributed by atoms with van der Waals surface area (Å²) in [6, 6.07) is 10.1. The molecule has 3 aromatic rings. The van der Waals surface area contributed by atoms with Gasteiger partial charge in [0, 0.05) is 23.0 Å². The quantitative estimate of drug-likeness (QED) is 0.408. The summed E-state index contributed by atoms with van der Waals surface area (Å²) in [5, 5.41) is 2.72. The average molecular weight is 503 g/mol. The zero-order chi connectivity index (χ0) is 23.5. The zero-order valence-electron chi connectivity index (χ0n) is 15.9. The van der Waals surface area contributed by atoms with Gasteiger partial charge in [0.2, 0.25) is 0 Å². The van der Waals surface area contributed by atoms with Crippen LogP contribution in [0.2, 0.25) is 10.0 Å². The van der Waals surface area contributed by atoms with Crippen molar-refractivity contribution in [3.8, 4) is 11.5 Å². The highest BCUT2D eigenvalue weighted by molar-refractivity contribution is 7.46. The molecule has 3 rings (SSSR count). The second-order valence-corrected chi connectivity index (χ2v) is 8.33. The average Bonchev–Trinajstić information content (AvgIpc) is 2.70. The first-order valence-electron chi connectivity index (χ1n) is 8.66. The van der Waals surface area contributed by atoms with Crippen LogP contribution in [0.15, 0.2) is 59.5 Å². The molecule has 0 spiro atoms. The molecule has 0 saturated carbocycles. The van der Waals surface area contributed by atoms with Crippen molar-refractivity contribution in [1.29, 1.82) is 0 Å². The van der Waals surface area contributed by atoms with E-state index in [0.717, 1.165) is 22.8 Å². The molecule has 1 amide bonds. The molecule has 0 aliphatic carbocycles. The molecule has 13 heteroatoms. The van der Waals surface area contributed by atoms with Crippen molar-refractivity contribution in [1.82, 2.24) is 4.57 Å². The minimum absolute atomic E-state index is 0.00639. The molecule has 9 nitrogen and oxygen atoms in total. The van der Waals surface area contributed by atoms with E-state index in [2.05, 4.69) is 9.84 Å². The number of aromatic nitrogens is 1. The van der Waals surface area contributed by atoms with E-state index in [-0.39, 0.29) is 32.8 Å². The van der Waals surface area contributed by atoms with Gasteiger partial charge in [-0.25, -0.2) is 8.96 Å². The SMILES string of the molecule is O=C(Nc1ccn(COP(=O)(O)O)c(=O)c1)c1cc(Cl)ccc1Oc1ccc(F)cc1Cl. The van der Waals surface area contributed by atoms with Gasteiger partial charge in [-0.1, -0.05) is 23.2 Å². The summed E-state index contributed by atoms with van der Waals surface area (Å²) in [4.78, 5) is 42.3. The maximum Gasteiger partial charge on any atom is 0.471 e. The number of rotatable bonds is 7. The van der Waals surface area contributed by atoms with E-state index in [9.17, 15) is 18.5 Å². The molecule has 0 saturated heterocycles. The van der Waals surface area contributed by atoms with Gasteiger partial charge in [-0.2, -0.15) is 0 Å². The van der Waals surface area contributed by atoms with Crippen LogP contribution in [0.25, 0.3) is 0 Å². The van der Waals surface area contributed by atoms with Gasteiger partial charge in [0.1, 0.15) is 24.0 Å². The predicted molar refractivity (Wildman–Crippen MR) is 115 cm³/mol. The molecule has 0 fully saturated rings. The second-order valence-electron chi connectivity index (χ2n) is 6.24. The number of phosphoric ester groups is 1. The van der Waals surface area contributed by atoms with Crippen molar-refractivity contribution >= 4 is 42.6 Å². The van der Waals surface area contributed by atoms with Gasteiger partial charge in [0.15, 0.2) is 0 Å². The molecule has 0 aliphatic heterocycles. The largest absolute Gasteiger partial charge is 0.471 e. The molecule has 32 heavy (non-hydrogen) atoms. The summed E-state index contributed by atoms with van der Waals surface area (Å²) in [6.07, 6.45) is 1.18. The van der Waals surface area contributed by atoms with Crippen molar-refractivity contribution in [3.05, 3.63) is 86.5 Å². The van der Waals surface area contributed by atoms with Crippen molar-refractivity contribution in [2.45, 2.75) is 6.73 Å². The minimum Gasteiger partial charge on any atom is -0.455 e. The van der Waals surface area contributed by atoms with Crippen LogP contribution in [0.5, 0.6) is 11.5 Å². The molecule has 1 aromatic heterocycles. The smallest absolute Gasteiger partial charge is 0.455 e. The summed E-state index contributed by atoms with van der Waals surface area (Å²) < 4.78 is 34.8. The van der Waals surface area contributed by atoms with Crippen LogP contribution < -0.4 is 15.6 Å². The number of nitrogens with one attached hydrogen (secondary N) is 1. The van der Waals surface area contributed by atoms with E-state index < -0.39 is 31.8 Å². The lowest BCUT2D eigenvalue weighted by Crippen LogP contribution is -2.21. The lowest BCUT2D eigenvalue weighted by atomic mass is 10.1. The topological polar surface area (TPSA) is 127 Å². The van der Waals surface area contributed by atoms with Gasteiger partial charge < -0.3 is 19.8 Å². The first kappa shape index (κ1) is 23.9. The summed E-state index contributed by atoms with van der Waals surface area (Å²) in [6.45, 7) is -0.679. The number of halogens is 3. The maximum atomic E-state index is 13.3. The fourth-order valence-electron chi connectivity index (χ4n) is 2.47. The van der Waals surface area contributed by atoms with E-state index in [1.54, 1.807) is 0 Å². The summed E-state index contributed by atoms with van der Waals surface area (Å²) in [5.41, 5.74) is -0.581.